The molecule has 0 N–H and O–H groups in total. The maximum absolute atomic E-state index is 2.79. The Hall–Kier alpha value is -7.46. The normalized spacial score (nSPS) is 11.7. The molecule has 0 radical (unpaired) electrons. The lowest BCUT2D eigenvalue weighted by Gasteiger charge is -2.34. The minimum Gasteiger partial charge on any atom is -0.310 e. The fraction of sp³-hybridized carbons (Fsp3) is 0. The molecule has 0 atom stereocenters. The van der Waals surface area contributed by atoms with Gasteiger partial charge in [-0.25, -0.2) is 0 Å². The highest BCUT2D eigenvalue weighted by molar-refractivity contribution is 7.20. The van der Waals surface area contributed by atoms with Crippen molar-refractivity contribution >= 4 is 89.2 Å². The van der Waals surface area contributed by atoms with Crippen molar-refractivity contribution in [3.05, 3.63) is 243 Å². The standard InChI is InChI=1S/C56H40N2Si/c1-5-22-44(23-6-1)58-55-36-34-46(57(45-33-32-41-18-13-14-20-43(41)38-45)54-31-17-21-42-19-15-16-30-51(42)54)39-52(55)53-40-50(35-37-56(53)58)59(47-24-7-2-8-25-47,48-26-9-3-10-27-48)49-28-11-4-12-29-49/h1-40H. The molecule has 0 aliphatic carbocycles. The largest absolute Gasteiger partial charge is 0.310 e. The first-order chi connectivity index (χ1) is 29.3. The van der Waals surface area contributed by atoms with E-state index in [1.54, 1.807) is 0 Å². The zero-order chi connectivity index (χ0) is 39.2. The Morgan fingerprint density at radius 1 is 0.305 bits per heavy atom. The van der Waals surface area contributed by atoms with Crippen LogP contribution >= 0.6 is 0 Å². The van der Waals surface area contributed by atoms with Crippen molar-refractivity contribution in [2.75, 3.05) is 4.90 Å². The smallest absolute Gasteiger partial charge is 0.179 e. The molecule has 11 aromatic rings. The van der Waals surface area contributed by atoms with Gasteiger partial charge < -0.3 is 9.47 Å². The van der Waals surface area contributed by atoms with Crippen LogP contribution in [-0.4, -0.2) is 12.6 Å². The van der Waals surface area contributed by atoms with E-state index in [2.05, 4.69) is 252 Å². The lowest BCUT2D eigenvalue weighted by molar-refractivity contribution is 1.18. The zero-order valence-electron chi connectivity index (χ0n) is 32.5. The summed E-state index contributed by atoms with van der Waals surface area (Å²) < 4.78 is 2.44. The van der Waals surface area contributed by atoms with Crippen LogP contribution in [0.5, 0.6) is 0 Å². The summed E-state index contributed by atoms with van der Waals surface area (Å²) in [5.74, 6) is 0. The summed E-state index contributed by atoms with van der Waals surface area (Å²) in [4.78, 5) is 2.45. The van der Waals surface area contributed by atoms with Crippen molar-refractivity contribution in [3.63, 3.8) is 0 Å². The molecular formula is C56H40N2Si. The van der Waals surface area contributed by atoms with Gasteiger partial charge in [-0.1, -0.05) is 188 Å². The average molecular weight is 769 g/mol. The SMILES string of the molecule is c1ccc(-n2c3ccc(N(c4ccc5ccccc5c4)c4cccc5ccccc45)cc3c3cc([Si](c4ccccc4)(c4ccccc4)c4ccccc4)ccc32)cc1. The van der Waals surface area contributed by atoms with Crippen molar-refractivity contribution in [2.24, 2.45) is 0 Å². The summed E-state index contributed by atoms with van der Waals surface area (Å²) in [6.07, 6.45) is 0. The van der Waals surface area contributed by atoms with Gasteiger partial charge in [-0.15, -0.1) is 0 Å². The minimum atomic E-state index is -2.79. The second kappa shape index (κ2) is 14.5. The van der Waals surface area contributed by atoms with Gasteiger partial charge in [0.25, 0.3) is 0 Å². The molecule has 278 valence electrons. The van der Waals surface area contributed by atoms with E-state index >= 15 is 0 Å². The van der Waals surface area contributed by atoms with Gasteiger partial charge in [0, 0.05) is 33.2 Å². The van der Waals surface area contributed by atoms with Crippen LogP contribution in [-0.2, 0) is 0 Å². The Balaban J connectivity index is 1.23. The second-order valence-electron chi connectivity index (χ2n) is 15.3. The molecule has 0 bridgehead atoms. The van der Waals surface area contributed by atoms with E-state index in [1.165, 1.54) is 64.1 Å². The van der Waals surface area contributed by atoms with Crippen molar-refractivity contribution in [1.29, 1.82) is 0 Å². The first-order valence-corrected chi connectivity index (χ1v) is 22.3. The molecule has 0 unspecified atom stereocenters. The van der Waals surface area contributed by atoms with Gasteiger partial charge in [-0.2, -0.15) is 0 Å². The molecule has 0 aliphatic heterocycles. The van der Waals surface area contributed by atoms with Crippen LogP contribution in [0.25, 0.3) is 49.0 Å². The van der Waals surface area contributed by atoms with E-state index in [4.69, 9.17) is 0 Å². The van der Waals surface area contributed by atoms with Crippen molar-refractivity contribution in [2.45, 2.75) is 0 Å². The minimum absolute atomic E-state index is 1.11. The van der Waals surface area contributed by atoms with E-state index in [1.807, 2.05) is 0 Å². The number of rotatable bonds is 8. The Kier molecular flexibility index (Phi) is 8.53. The average Bonchev–Trinajstić information content (AvgIpc) is 3.64. The third-order valence-electron chi connectivity index (χ3n) is 12.1. The van der Waals surface area contributed by atoms with Crippen LogP contribution in [0.15, 0.2) is 243 Å². The third-order valence-corrected chi connectivity index (χ3v) is 16.8. The van der Waals surface area contributed by atoms with Gasteiger partial charge >= 0.3 is 0 Å². The summed E-state index contributed by atoms with van der Waals surface area (Å²) in [6.45, 7) is 0. The van der Waals surface area contributed by atoms with Crippen LogP contribution in [0.2, 0.25) is 0 Å². The Morgan fingerprint density at radius 3 is 1.46 bits per heavy atom. The highest BCUT2D eigenvalue weighted by Gasteiger charge is 2.41. The molecule has 11 rings (SSSR count). The molecule has 0 saturated carbocycles. The van der Waals surface area contributed by atoms with Gasteiger partial charge in [0.15, 0.2) is 8.07 Å². The summed E-state index contributed by atoms with van der Waals surface area (Å²) in [5.41, 5.74) is 6.89. The van der Waals surface area contributed by atoms with Gasteiger partial charge in [-0.05, 0) is 91.5 Å². The summed E-state index contributed by atoms with van der Waals surface area (Å²) in [5, 5.41) is 12.8. The topological polar surface area (TPSA) is 8.17 Å². The lowest BCUT2D eigenvalue weighted by atomic mass is 10.0. The maximum Gasteiger partial charge on any atom is 0.179 e. The van der Waals surface area contributed by atoms with Gasteiger partial charge in [0.1, 0.15) is 0 Å². The fourth-order valence-electron chi connectivity index (χ4n) is 9.45. The Bertz CT molecular complexity index is 3160. The summed E-state index contributed by atoms with van der Waals surface area (Å²) in [6, 6.07) is 89.6. The quantitative estimate of drug-likeness (QED) is 0.110. The van der Waals surface area contributed by atoms with Gasteiger partial charge in [-0.3, -0.25) is 0 Å². The molecule has 10 aromatic carbocycles. The number of aromatic nitrogens is 1. The van der Waals surface area contributed by atoms with E-state index in [-0.39, 0.29) is 0 Å². The van der Waals surface area contributed by atoms with E-state index < -0.39 is 8.07 Å². The van der Waals surface area contributed by atoms with Gasteiger partial charge in [0.05, 0.1) is 16.7 Å². The summed E-state index contributed by atoms with van der Waals surface area (Å²) in [7, 11) is -2.79. The number of nitrogens with zero attached hydrogens (tertiary/aromatic N) is 2. The van der Waals surface area contributed by atoms with Crippen molar-refractivity contribution < 1.29 is 0 Å². The first-order valence-electron chi connectivity index (χ1n) is 20.3. The third kappa shape index (κ3) is 5.78. The fourth-order valence-corrected chi connectivity index (χ4v) is 14.2. The number of fused-ring (bicyclic) bond motifs is 5. The lowest BCUT2D eigenvalue weighted by Crippen LogP contribution is -2.74. The number of anilines is 3. The zero-order valence-corrected chi connectivity index (χ0v) is 33.5. The molecule has 2 nitrogen and oxygen atoms in total. The predicted octanol–water partition coefficient (Wildman–Crippen LogP) is 11.9. The highest BCUT2D eigenvalue weighted by atomic mass is 28.3. The number of hydrogen-bond acceptors (Lipinski definition) is 1. The molecule has 1 heterocycles. The Morgan fingerprint density at radius 2 is 0.797 bits per heavy atom. The molecule has 3 heteroatoms. The molecule has 0 fully saturated rings. The molecule has 0 spiro atoms. The van der Waals surface area contributed by atoms with Crippen LogP contribution in [0, 0.1) is 0 Å². The predicted molar refractivity (Wildman–Crippen MR) is 254 cm³/mol. The summed E-state index contributed by atoms with van der Waals surface area (Å²) >= 11 is 0. The van der Waals surface area contributed by atoms with Crippen molar-refractivity contribution in [3.8, 4) is 5.69 Å². The van der Waals surface area contributed by atoms with Crippen LogP contribution in [0.1, 0.15) is 0 Å². The number of hydrogen-bond donors (Lipinski definition) is 0. The number of para-hydroxylation sites is 1. The molecule has 0 amide bonds. The highest BCUT2D eigenvalue weighted by Crippen LogP contribution is 2.42. The van der Waals surface area contributed by atoms with E-state index in [0.29, 0.717) is 0 Å². The van der Waals surface area contributed by atoms with Gasteiger partial charge in [0.2, 0.25) is 0 Å². The van der Waals surface area contributed by atoms with Crippen molar-refractivity contribution in [1.82, 2.24) is 4.57 Å². The van der Waals surface area contributed by atoms with Crippen LogP contribution in [0.4, 0.5) is 17.1 Å². The molecule has 0 saturated heterocycles. The van der Waals surface area contributed by atoms with Crippen LogP contribution in [0.3, 0.4) is 0 Å². The van der Waals surface area contributed by atoms with E-state index in [0.717, 1.165) is 22.7 Å². The molecule has 0 aliphatic rings. The molecule has 59 heavy (non-hydrogen) atoms. The van der Waals surface area contributed by atoms with E-state index in [9.17, 15) is 0 Å². The first kappa shape index (κ1) is 34.8. The second-order valence-corrected chi connectivity index (χ2v) is 19.1. The molecule has 1 aromatic heterocycles. The number of benzene rings is 10. The molecular weight excluding hydrogens is 729 g/mol. The monoisotopic (exact) mass is 768 g/mol. The maximum atomic E-state index is 2.53. The Labute approximate surface area is 345 Å². The van der Waals surface area contributed by atoms with Crippen LogP contribution < -0.4 is 25.6 Å².